The molecule has 2 aromatic rings. The molecule has 0 aromatic carbocycles. The van der Waals surface area contributed by atoms with Gasteiger partial charge in [-0.1, -0.05) is 0 Å². The third kappa shape index (κ3) is 1.90. The fourth-order valence-electron chi connectivity index (χ4n) is 1.75. The van der Waals surface area contributed by atoms with Gasteiger partial charge in [0.1, 0.15) is 11.3 Å². The molecule has 0 aliphatic rings. The van der Waals surface area contributed by atoms with Crippen LogP contribution in [0.4, 0.5) is 0 Å². The van der Waals surface area contributed by atoms with Crippen LogP contribution in [-0.2, 0) is 10.3 Å². The standard InChI is InChI=1S/C12H15N3O3/c1-12(2,3)15-10-7(6-13-15)9(16)5-8(14-10)11(17)18-4/h5-6H,1-4H3,(H,14,16). The minimum absolute atomic E-state index is 0.126. The van der Waals surface area contributed by atoms with Gasteiger partial charge in [0, 0.05) is 6.07 Å². The van der Waals surface area contributed by atoms with Gasteiger partial charge in [0.05, 0.1) is 24.2 Å². The molecule has 0 atom stereocenters. The van der Waals surface area contributed by atoms with E-state index in [1.54, 1.807) is 4.68 Å². The quantitative estimate of drug-likeness (QED) is 0.772. The van der Waals surface area contributed by atoms with Crippen molar-refractivity contribution >= 4 is 17.0 Å². The van der Waals surface area contributed by atoms with Gasteiger partial charge in [-0.25, -0.2) is 9.48 Å². The Morgan fingerprint density at radius 1 is 1.44 bits per heavy atom. The Kier molecular flexibility index (Phi) is 2.73. The average molecular weight is 249 g/mol. The number of carbonyl (C=O) groups is 1. The van der Waals surface area contributed by atoms with E-state index >= 15 is 0 Å². The Labute approximate surface area is 104 Å². The first-order chi connectivity index (χ1) is 8.34. The molecule has 0 spiro atoms. The molecular weight excluding hydrogens is 234 g/mol. The summed E-state index contributed by atoms with van der Waals surface area (Å²) < 4.78 is 6.28. The van der Waals surface area contributed by atoms with Crippen molar-refractivity contribution in [1.29, 1.82) is 0 Å². The summed E-state index contributed by atoms with van der Waals surface area (Å²) in [5, 5.41) is 4.64. The van der Waals surface area contributed by atoms with Crippen LogP contribution in [0.2, 0.25) is 0 Å². The van der Waals surface area contributed by atoms with Crippen LogP contribution in [0.15, 0.2) is 17.1 Å². The first-order valence-corrected chi connectivity index (χ1v) is 5.54. The molecule has 2 aromatic heterocycles. The first kappa shape index (κ1) is 12.3. The second-order valence-electron chi connectivity index (χ2n) is 5.03. The second kappa shape index (κ2) is 3.97. The van der Waals surface area contributed by atoms with Crippen molar-refractivity contribution in [3.8, 4) is 0 Å². The number of H-pyrrole nitrogens is 1. The normalized spacial score (nSPS) is 11.8. The molecule has 2 rings (SSSR count). The number of ether oxygens (including phenoxy) is 1. The molecule has 2 heterocycles. The van der Waals surface area contributed by atoms with Crippen LogP contribution >= 0.6 is 0 Å². The van der Waals surface area contributed by atoms with E-state index in [4.69, 9.17) is 0 Å². The highest BCUT2D eigenvalue weighted by Crippen LogP contribution is 2.18. The van der Waals surface area contributed by atoms with E-state index in [1.165, 1.54) is 19.4 Å². The fraction of sp³-hybridized carbons (Fsp3) is 0.417. The number of rotatable bonds is 1. The van der Waals surface area contributed by atoms with E-state index in [1.807, 2.05) is 20.8 Å². The Morgan fingerprint density at radius 3 is 2.67 bits per heavy atom. The van der Waals surface area contributed by atoms with Crippen LogP contribution in [0.5, 0.6) is 0 Å². The second-order valence-corrected chi connectivity index (χ2v) is 5.03. The summed E-state index contributed by atoms with van der Waals surface area (Å²) in [6, 6.07) is 1.23. The van der Waals surface area contributed by atoms with Gasteiger partial charge in [-0.3, -0.25) is 4.79 Å². The fourth-order valence-corrected chi connectivity index (χ4v) is 1.75. The molecule has 6 nitrogen and oxygen atoms in total. The molecular formula is C12H15N3O3. The number of methoxy groups -OCH3 is 1. The molecule has 0 aliphatic heterocycles. The van der Waals surface area contributed by atoms with Gasteiger partial charge in [0.2, 0.25) is 0 Å². The van der Waals surface area contributed by atoms with Crippen molar-refractivity contribution in [3.05, 3.63) is 28.2 Å². The number of pyridine rings is 1. The number of nitrogens with one attached hydrogen (secondary N) is 1. The first-order valence-electron chi connectivity index (χ1n) is 5.54. The van der Waals surface area contributed by atoms with Crippen LogP contribution in [0.1, 0.15) is 31.3 Å². The molecule has 18 heavy (non-hydrogen) atoms. The summed E-state index contributed by atoms with van der Waals surface area (Å²) in [6.07, 6.45) is 1.50. The smallest absolute Gasteiger partial charge is 0.354 e. The van der Waals surface area contributed by atoms with Crippen molar-refractivity contribution in [2.75, 3.05) is 7.11 Å². The minimum atomic E-state index is -0.573. The van der Waals surface area contributed by atoms with E-state index < -0.39 is 5.97 Å². The number of hydrogen-bond donors (Lipinski definition) is 1. The largest absolute Gasteiger partial charge is 0.464 e. The van der Waals surface area contributed by atoms with Gasteiger partial charge >= 0.3 is 5.97 Å². The van der Waals surface area contributed by atoms with E-state index in [-0.39, 0.29) is 16.7 Å². The Balaban J connectivity index is 2.77. The third-order valence-corrected chi connectivity index (χ3v) is 2.60. The molecule has 0 saturated carbocycles. The zero-order chi connectivity index (χ0) is 13.5. The van der Waals surface area contributed by atoms with E-state index in [0.29, 0.717) is 11.0 Å². The monoisotopic (exact) mass is 249 g/mol. The van der Waals surface area contributed by atoms with Crippen LogP contribution < -0.4 is 5.43 Å². The highest BCUT2D eigenvalue weighted by atomic mass is 16.5. The molecule has 0 amide bonds. The van der Waals surface area contributed by atoms with Gasteiger partial charge < -0.3 is 9.72 Å². The molecule has 1 N–H and O–H groups in total. The maximum atomic E-state index is 11.9. The number of aromatic nitrogens is 3. The summed E-state index contributed by atoms with van der Waals surface area (Å²) >= 11 is 0. The molecule has 0 radical (unpaired) electrons. The van der Waals surface area contributed by atoms with Gasteiger partial charge in [-0.15, -0.1) is 0 Å². The number of carbonyl (C=O) groups excluding carboxylic acids is 1. The average Bonchev–Trinajstić information content (AvgIpc) is 2.71. The summed E-state index contributed by atoms with van der Waals surface area (Å²) in [7, 11) is 1.27. The van der Waals surface area contributed by atoms with Crippen molar-refractivity contribution in [1.82, 2.24) is 14.8 Å². The SMILES string of the molecule is COC(=O)c1cc(=O)c2cnn(C(C)(C)C)c2[nH]1. The van der Waals surface area contributed by atoms with Gasteiger partial charge in [0.25, 0.3) is 0 Å². The topological polar surface area (TPSA) is 77.0 Å². The van der Waals surface area contributed by atoms with E-state index in [2.05, 4.69) is 14.8 Å². The maximum absolute atomic E-state index is 11.9. The lowest BCUT2D eigenvalue weighted by atomic mass is 10.1. The van der Waals surface area contributed by atoms with Crippen molar-refractivity contribution < 1.29 is 9.53 Å². The lowest BCUT2D eigenvalue weighted by Gasteiger charge is -2.20. The van der Waals surface area contributed by atoms with Crippen molar-refractivity contribution in [3.63, 3.8) is 0 Å². The predicted molar refractivity (Wildman–Crippen MR) is 66.7 cm³/mol. The molecule has 0 bridgehead atoms. The van der Waals surface area contributed by atoms with Crippen LogP contribution in [-0.4, -0.2) is 27.8 Å². The molecule has 0 fully saturated rings. The lowest BCUT2D eigenvalue weighted by Crippen LogP contribution is -2.24. The van der Waals surface area contributed by atoms with Crippen LogP contribution in [0.25, 0.3) is 11.0 Å². The van der Waals surface area contributed by atoms with Crippen LogP contribution in [0, 0.1) is 0 Å². The zero-order valence-corrected chi connectivity index (χ0v) is 10.8. The predicted octanol–water partition coefficient (Wildman–Crippen LogP) is 1.27. The third-order valence-electron chi connectivity index (χ3n) is 2.60. The molecule has 0 aliphatic carbocycles. The molecule has 6 heteroatoms. The lowest BCUT2D eigenvalue weighted by molar-refractivity contribution is 0.0594. The van der Waals surface area contributed by atoms with Crippen LogP contribution in [0.3, 0.4) is 0 Å². The Morgan fingerprint density at radius 2 is 2.11 bits per heavy atom. The number of hydrogen-bond acceptors (Lipinski definition) is 4. The highest BCUT2D eigenvalue weighted by molar-refractivity contribution is 5.90. The number of fused-ring (bicyclic) bond motifs is 1. The minimum Gasteiger partial charge on any atom is -0.464 e. The van der Waals surface area contributed by atoms with Gasteiger partial charge in [-0.2, -0.15) is 5.10 Å². The number of nitrogens with zero attached hydrogens (tertiary/aromatic N) is 2. The molecule has 0 saturated heterocycles. The number of esters is 1. The summed E-state index contributed by atoms with van der Waals surface area (Å²) in [5.74, 6) is -0.573. The highest BCUT2D eigenvalue weighted by Gasteiger charge is 2.20. The molecule has 0 unspecified atom stereocenters. The van der Waals surface area contributed by atoms with Gasteiger partial charge in [0.15, 0.2) is 5.43 Å². The summed E-state index contributed by atoms with van der Waals surface area (Å²) in [5.41, 5.74) is 0.107. The number of aromatic amines is 1. The summed E-state index contributed by atoms with van der Waals surface area (Å²) in [6.45, 7) is 5.88. The summed E-state index contributed by atoms with van der Waals surface area (Å²) in [4.78, 5) is 26.2. The maximum Gasteiger partial charge on any atom is 0.354 e. The van der Waals surface area contributed by atoms with Crippen molar-refractivity contribution in [2.45, 2.75) is 26.3 Å². The van der Waals surface area contributed by atoms with E-state index in [0.717, 1.165) is 0 Å². The van der Waals surface area contributed by atoms with Crippen molar-refractivity contribution in [2.24, 2.45) is 0 Å². The molecule has 96 valence electrons. The zero-order valence-electron chi connectivity index (χ0n) is 10.8. The Hall–Kier alpha value is -2.11. The van der Waals surface area contributed by atoms with Gasteiger partial charge in [-0.05, 0) is 20.8 Å². The van der Waals surface area contributed by atoms with E-state index in [9.17, 15) is 9.59 Å². The Bertz CT molecular complexity index is 661.